The monoisotopic (exact) mass is 158 g/mol. The maximum atomic E-state index is 10.2. The van der Waals surface area contributed by atoms with Gasteiger partial charge in [0.2, 0.25) is 0 Å². The first-order chi connectivity index (χ1) is 5.07. The van der Waals surface area contributed by atoms with Gasteiger partial charge in [0.1, 0.15) is 0 Å². The lowest BCUT2D eigenvalue weighted by Crippen LogP contribution is -2.08. The Morgan fingerprint density at radius 3 is 2.27 bits per heavy atom. The lowest BCUT2D eigenvalue weighted by atomic mass is 9.90. The highest BCUT2D eigenvalue weighted by atomic mass is 16.4. The van der Waals surface area contributed by atoms with Gasteiger partial charge >= 0.3 is 5.97 Å². The van der Waals surface area contributed by atoms with Crippen molar-refractivity contribution >= 4 is 5.97 Å². The Hall–Kier alpha value is -0.530. The predicted octanol–water partition coefficient (Wildman–Crippen LogP) is 2.53. The van der Waals surface area contributed by atoms with Gasteiger partial charge in [0.15, 0.2) is 0 Å². The minimum atomic E-state index is -0.680. The van der Waals surface area contributed by atoms with Crippen molar-refractivity contribution in [3.8, 4) is 0 Å². The van der Waals surface area contributed by atoms with E-state index >= 15 is 0 Å². The van der Waals surface area contributed by atoms with Gasteiger partial charge < -0.3 is 5.11 Å². The summed E-state index contributed by atoms with van der Waals surface area (Å²) in [7, 11) is 0. The van der Waals surface area contributed by atoms with Gasteiger partial charge in [-0.2, -0.15) is 0 Å². The Bertz CT molecular complexity index is 121. The maximum Gasteiger partial charge on any atom is 0.303 e. The highest BCUT2D eigenvalue weighted by Gasteiger charge is 2.11. The Morgan fingerprint density at radius 2 is 1.91 bits per heavy atom. The summed E-state index contributed by atoms with van der Waals surface area (Å²) in [4.78, 5) is 10.2. The summed E-state index contributed by atoms with van der Waals surface area (Å²) in [5, 5.41) is 8.42. The predicted molar refractivity (Wildman–Crippen MR) is 45.5 cm³/mol. The summed E-state index contributed by atoms with van der Waals surface area (Å²) in [5.41, 5.74) is 0. The molecule has 0 aromatic rings. The molecule has 2 atom stereocenters. The minimum absolute atomic E-state index is 0.311. The van der Waals surface area contributed by atoms with Crippen LogP contribution in [-0.4, -0.2) is 11.1 Å². The van der Waals surface area contributed by atoms with Crippen LogP contribution in [0, 0.1) is 11.8 Å². The molecule has 0 rings (SSSR count). The molecular weight excluding hydrogens is 140 g/mol. The van der Waals surface area contributed by atoms with Crippen LogP contribution >= 0.6 is 0 Å². The van der Waals surface area contributed by atoms with Crippen molar-refractivity contribution < 1.29 is 9.90 Å². The van der Waals surface area contributed by atoms with Crippen LogP contribution in [0.1, 0.15) is 40.0 Å². The molecule has 0 bridgehead atoms. The van der Waals surface area contributed by atoms with E-state index in [-0.39, 0.29) is 0 Å². The molecule has 66 valence electrons. The van der Waals surface area contributed by atoms with E-state index in [1.54, 1.807) is 0 Å². The van der Waals surface area contributed by atoms with Gasteiger partial charge in [-0.05, 0) is 18.3 Å². The first-order valence-corrected chi connectivity index (χ1v) is 4.29. The van der Waals surface area contributed by atoms with Crippen molar-refractivity contribution in [2.24, 2.45) is 11.8 Å². The Morgan fingerprint density at radius 1 is 1.36 bits per heavy atom. The highest BCUT2D eigenvalue weighted by Crippen LogP contribution is 2.19. The standard InChI is InChI=1S/C9H18O2/c1-4-7(2)8(3)5-6-9(10)11/h7-8H,4-6H2,1-3H3,(H,10,11). The first kappa shape index (κ1) is 10.5. The van der Waals surface area contributed by atoms with Gasteiger partial charge in [-0.15, -0.1) is 0 Å². The second-order valence-electron chi connectivity index (χ2n) is 3.30. The molecular formula is C9H18O2. The topological polar surface area (TPSA) is 37.3 Å². The minimum Gasteiger partial charge on any atom is -0.481 e. The molecule has 0 saturated heterocycles. The molecule has 0 aromatic carbocycles. The van der Waals surface area contributed by atoms with Crippen molar-refractivity contribution in [3.05, 3.63) is 0 Å². The summed E-state index contributed by atoms with van der Waals surface area (Å²) in [5.74, 6) is 0.505. The molecule has 0 aliphatic heterocycles. The summed E-state index contributed by atoms with van der Waals surface area (Å²) in [6, 6.07) is 0. The van der Waals surface area contributed by atoms with Gasteiger partial charge in [0, 0.05) is 6.42 Å². The molecule has 0 saturated carbocycles. The van der Waals surface area contributed by atoms with Gasteiger partial charge in [0.05, 0.1) is 0 Å². The average Bonchev–Trinajstić information content (AvgIpc) is 1.98. The van der Waals surface area contributed by atoms with Crippen LogP contribution in [0.5, 0.6) is 0 Å². The summed E-state index contributed by atoms with van der Waals surface area (Å²) in [6.45, 7) is 6.44. The molecule has 2 heteroatoms. The fraction of sp³-hybridized carbons (Fsp3) is 0.889. The van der Waals surface area contributed by atoms with E-state index in [0.29, 0.717) is 18.3 Å². The summed E-state index contributed by atoms with van der Waals surface area (Å²) >= 11 is 0. The van der Waals surface area contributed by atoms with Crippen molar-refractivity contribution in [1.29, 1.82) is 0 Å². The molecule has 2 nitrogen and oxygen atoms in total. The third-order valence-corrected chi connectivity index (χ3v) is 2.43. The third kappa shape index (κ3) is 4.82. The molecule has 11 heavy (non-hydrogen) atoms. The van der Waals surface area contributed by atoms with Crippen LogP contribution in [-0.2, 0) is 4.79 Å². The van der Waals surface area contributed by atoms with Crippen LogP contribution in [0.15, 0.2) is 0 Å². The van der Waals surface area contributed by atoms with Crippen LogP contribution in [0.2, 0.25) is 0 Å². The molecule has 0 aromatic heterocycles. The fourth-order valence-corrected chi connectivity index (χ4v) is 1.04. The molecule has 0 aliphatic carbocycles. The number of carboxylic acids is 1. The lowest BCUT2D eigenvalue weighted by Gasteiger charge is -2.16. The number of hydrogen-bond donors (Lipinski definition) is 1. The number of aliphatic carboxylic acids is 1. The average molecular weight is 158 g/mol. The Labute approximate surface area is 68.6 Å². The molecule has 0 amide bonds. The first-order valence-electron chi connectivity index (χ1n) is 4.29. The van der Waals surface area contributed by atoms with Crippen LogP contribution in [0.3, 0.4) is 0 Å². The van der Waals surface area contributed by atoms with Crippen molar-refractivity contribution in [2.45, 2.75) is 40.0 Å². The number of rotatable bonds is 5. The van der Waals surface area contributed by atoms with Crippen molar-refractivity contribution in [3.63, 3.8) is 0 Å². The van der Waals surface area contributed by atoms with Gasteiger partial charge in [0.25, 0.3) is 0 Å². The van der Waals surface area contributed by atoms with E-state index in [9.17, 15) is 4.79 Å². The van der Waals surface area contributed by atoms with E-state index < -0.39 is 5.97 Å². The number of carbonyl (C=O) groups is 1. The molecule has 0 spiro atoms. The van der Waals surface area contributed by atoms with E-state index in [2.05, 4.69) is 20.8 Å². The summed E-state index contributed by atoms with van der Waals surface area (Å²) in [6.07, 6.45) is 2.26. The molecule has 1 N–H and O–H groups in total. The lowest BCUT2D eigenvalue weighted by molar-refractivity contribution is -0.137. The van der Waals surface area contributed by atoms with Gasteiger partial charge in [-0.1, -0.05) is 27.2 Å². The van der Waals surface area contributed by atoms with Crippen molar-refractivity contribution in [2.75, 3.05) is 0 Å². The SMILES string of the molecule is CCC(C)C(C)CCC(=O)O. The maximum absolute atomic E-state index is 10.2. The van der Waals surface area contributed by atoms with E-state index in [0.717, 1.165) is 12.8 Å². The smallest absolute Gasteiger partial charge is 0.303 e. The zero-order valence-corrected chi connectivity index (χ0v) is 7.63. The molecule has 0 aliphatic rings. The molecule has 0 fully saturated rings. The number of carboxylic acid groups (broad SMARTS) is 1. The van der Waals surface area contributed by atoms with Crippen LogP contribution < -0.4 is 0 Å². The largest absolute Gasteiger partial charge is 0.481 e. The molecule has 2 unspecified atom stereocenters. The second kappa shape index (κ2) is 5.16. The normalized spacial score (nSPS) is 15.9. The number of hydrogen-bond acceptors (Lipinski definition) is 1. The third-order valence-electron chi connectivity index (χ3n) is 2.43. The highest BCUT2D eigenvalue weighted by molar-refractivity contribution is 5.66. The van der Waals surface area contributed by atoms with Crippen LogP contribution in [0.25, 0.3) is 0 Å². The summed E-state index contributed by atoms with van der Waals surface area (Å²) < 4.78 is 0. The molecule has 0 heterocycles. The van der Waals surface area contributed by atoms with Gasteiger partial charge in [-0.3, -0.25) is 4.79 Å². The Balaban J connectivity index is 3.51. The van der Waals surface area contributed by atoms with Gasteiger partial charge in [-0.25, -0.2) is 0 Å². The quantitative estimate of drug-likeness (QED) is 0.667. The Kier molecular flexibility index (Phi) is 4.92. The fourth-order valence-electron chi connectivity index (χ4n) is 1.04. The van der Waals surface area contributed by atoms with Crippen LogP contribution in [0.4, 0.5) is 0 Å². The second-order valence-corrected chi connectivity index (χ2v) is 3.30. The zero-order chi connectivity index (χ0) is 8.85. The van der Waals surface area contributed by atoms with E-state index in [4.69, 9.17) is 5.11 Å². The zero-order valence-electron chi connectivity index (χ0n) is 7.63. The van der Waals surface area contributed by atoms with Crippen molar-refractivity contribution in [1.82, 2.24) is 0 Å². The van der Waals surface area contributed by atoms with E-state index in [1.807, 2.05) is 0 Å². The van der Waals surface area contributed by atoms with E-state index in [1.165, 1.54) is 0 Å². The molecule has 0 radical (unpaired) electrons.